The second-order valence-electron chi connectivity index (χ2n) is 6.33. The maximum atomic E-state index is 12.5. The molecule has 0 saturated carbocycles. The highest BCUT2D eigenvalue weighted by Gasteiger charge is 2.14. The van der Waals surface area contributed by atoms with Gasteiger partial charge in [0.15, 0.2) is 0 Å². The summed E-state index contributed by atoms with van der Waals surface area (Å²) in [5.41, 5.74) is 1.83. The van der Waals surface area contributed by atoms with Crippen molar-refractivity contribution in [1.82, 2.24) is 5.32 Å². The number of benzene rings is 3. The zero-order valence-electron chi connectivity index (χ0n) is 16.0. The van der Waals surface area contributed by atoms with Crippen LogP contribution < -0.4 is 10.6 Å². The number of carbonyl (C=O) groups is 1. The SMILES string of the molecule is CC(NC(=O)/C(C#N)=C\Nc1ccccc1Sc1ccccc1)c1ccccc1. The number of nitriles is 1. The lowest BCUT2D eigenvalue weighted by atomic mass is 10.1. The first-order valence-corrected chi connectivity index (χ1v) is 10.0. The average molecular weight is 400 g/mol. The molecular formula is C24H21N3OS. The van der Waals surface area contributed by atoms with Crippen molar-refractivity contribution in [3.05, 3.63) is 102 Å². The molecule has 5 heteroatoms. The third-order valence-electron chi connectivity index (χ3n) is 4.24. The van der Waals surface area contributed by atoms with Crippen LogP contribution in [0, 0.1) is 11.3 Å². The quantitative estimate of drug-likeness (QED) is 0.405. The van der Waals surface area contributed by atoms with Gasteiger partial charge < -0.3 is 10.6 Å². The normalized spacial score (nSPS) is 11.9. The van der Waals surface area contributed by atoms with Gasteiger partial charge in [0, 0.05) is 16.0 Å². The van der Waals surface area contributed by atoms with E-state index in [0.29, 0.717) is 0 Å². The maximum absolute atomic E-state index is 12.5. The second-order valence-corrected chi connectivity index (χ2v) is 7.45. The summed E-state index contributed by atoms with van der Waals surface area (Å²) in [5.74, 6) is -0.412. The van der Waals surface area contributed by atoms with E-state index in [1.807, 2.05) is 97.9 Å². The Bertz CT molecular complexity index is 1030. The summed E-state index contributed by atoms with van der Waals surface area (Å²) in [5, 5.41) is 15.4. The van der Waals surface area contributed by atoms with Crippen molar-refractivity contribution in [3.63, 3.8) is 0 Å². The molecule has 0 aliphatic carbocycles. The van der Waals surface area contributed by atoms with Gasteiger partial charge in [0.05, 0.1) is 11.7 Å². The minimum atomic E-state index is -0.412. The molecule has 3 aromatic carbocycles. The molecular weight excluding hydrogens is 378 g/mol. The Labute approximate surface area is 175 Å². The molecule has 0 radical (unpaired) electrons. The molecule has 2 N–H and O–H groups in total. The zero-order chi connectivity index (χ0) is 20.5. The minimum Gasteiger partial charge on any atom is -0.359 e. The Hall–Kier alpha value is -3.49. The molecule has 144 valence electrons. The van der Waals surface area contributed by atoms with Gasteiger partial charge in [0.1, 0.15) is 11.6 Å². The number of nitrogens with zero attached hydrogens (tertiary/aromatic N) is 1. The predicted octanol–water partition coefficient (Wildman–Crippen LogP) is 5.53. The van der Waals surface area contributed by atoms with Gasteiger partial charge in [-0.25, -0.2) is 0 Å². The Kier molecular flexibility index (Phi) is 7.10. The van der Waals surface area contributed by atoms with E-state index >= 15 is 0 Å². The Morgan fingerprint density at radius 2 is 1.59 bits per heavy atom. The number of carbonyl (C=O) groups excluding carboxylic acids is 1. The van der Waals surface area contributed by atoms with E-state index in [1.54, 1.807) is 11.8 Å². The number of anilines is 1. The van der Waals surface area contributed by atoms with Gasteiger partial charge in [-0.05, 0) is 36.8 Å². The molecule has 0 spiro atoms. The lowest BCUT2D eigenvalue weighted by molar-refractivity contribution is -0.117. The second kappa shape index (κ2) is 10.2. The molecule has 0 bridgehead atoms. The van der Waals surface area contributed by atoms with Crippen LogP contribution in [0.3, 0.4) is 0 Å². The van der Waals surface area contributed by atoms with Crippen molar-refractivity contribution in [3.8, 4) is 6.07 Å². The standard InChI is InChI=1S/C24H21N3OS/c1-18(19-10-4-2-5-11-19)27-24(28)20(16-25)17-26-22-14-8-9-15-23(22)29-21-12-6-3-7-13-21/h2-15,17-18,26H,1H3,(H,27,28)/b20-17-. The van der Waals surface area contributed by atoms with Crippen LogP contribution in [0.25, 0.3) is 0 Å². The van der Waals surface area contributed by atoms with Gasteiger partial charge in [-0.3, -0.25) is 4.79 Å². The first-order valence-electron chi connectivity index (χ1n) is 9.22. The summed E-state index contributed by atoms with van der Waals surface area (Å²) in [6.07, 6.45) is 1.46. The summed E-state index contributed by atoms with van der Waals surface area (Å²) in [4.78, 5) is 14.6. The number of nitrogens with one attached hydrogen (secondary N) is 2. The largest absolute Gasteiger partial charge is 0.359 e. The third kappa shape index (κ3) is 5.74. The van der Waals surface area contributed by atoms with E-state index in [2.05, 4.69) is 10.6 Å². The summed E-state index contributed by atoms with van der Waals surface area (Å²) in [6, 6.07) is 29.2. The minimum absolute atomic E-state index is 0.0206. The fourth-order valence-electron chi connectivity index (χ4n) is 2.69. The topological polar surface area (TPSA) is 64.9 Å². The molecule has 0 aliphatic rings. The van der Waals surface area contributed by atoms with Crippen LogP contribution in [-0.4, -0.2) is 5.91 Å². The molecule has 0 aliphatic heterocycles. The smallest absolute Gasteiger partial charge is 0.263 e. The van der Waals surface area contributed by atoms with Crippen LogP contribution in [0.5, 0.6) is 0 Å². The molecule has 0 aromatic heterocycles. The lowest BCUT2D eigenvalue weighted by Gasteiger charge is -2.14. The molecule has 1 atom stereocenters. The Balaban J connectivity index is 1.71. The van der Waals surface area contributed by atoms with Crippen LogP contribution in [0.4, 0.5) is 5.69 Å². The highest BCUT2D eigenvalue weighted by Crippen LogP contribution is 2.33. The fraction of sp³-hybridized carbons (Fsp3) is 0.0833. The van der Waals surface area contributed by atoms with E-state index in [0.717, 1.165) is 21.0 Å². The highest BCUT2D eigenvalue weighted by atomic mass is 32.2. The summed E-state index contributed by atoms with van der Waals surface area (Å²) in [7, 11) is 0. The maximum Gasteiger partial charge on any atom is 0.263 e. The Morgan fingerprint density at radius 3 is 2.28 bits per heavy atom. The van der Waals surface area contributed by atoms with Crippen LogP contribution in [-0.2, 0) is 4.79 Å². The van der Waals surface area contributed by atoms with E-state index < -0.39 is 5.91 Å². The van der Waals surface area contributed by atoms with Crippen molar-refractivity contribution in [2.75, 3.05) is 5.32 Å². The molecule has 4 nitrogen and oxygen atoms in total. The molecule has 3 aromatic rings. The molecule has 3 rings (SSSR count). The molecule has 0 saturated heterocycles. The van der Waals surface area contributed by atoms with E-state index in [-0.39, 0.29) is 11.6 Å². The van der Waals surface area contributed by atoms with Crippen LogP contribution in [0.2, 0.25) is 0 Å². The van der Waals surface area contributed by atoms with Gasteiger partial charge >= 0.3 is 0 Å². The van der Waals surface area contributed by atoms with E-state index in [9.17, 15) is 10.1 Å². The third-order valence-corrected chi connectivity index (χ3v) is 5.33. The monoisotopic (exact) mass is 399 g/mol. The molecule has 29 heavy (non-hydrogen) atoms. The van der Waals surface area contributed by atoms with E-state index in [4.69, 9.17) is 0 Å². The summed E-state index contributed by atoms with van der Waals surface area (Å²) < 4.78 is 0. The van der Waals surface area contributed by atoms with Crippen LogP contribution in [0.15, 0.2) is 106 Å². The van der Waals surface area contributed by atoms with Crippen molar-refractivity contribution >= 4 is 23.4 Å². The van der Waals surface area contributed by atoms with Crippen molar-refractivity contribution in [1.29, 1.82) is 5.26 Å². The van der Waals surface area contributed by atoms with Crippen molar-refractivity contribution < 1.29 is 4.79 Å². The van der Waals surface area contributed by atoms with Crippen LogP contribution >= 0.6 is 11.8 Å². The number of hydrogen-bond acceptors (Lipinski definition) is 4. The molecule has 0 fully saturated rings. The van der Waals surface area contributed by atoms with Gasteiger partial charge in [0.2, 0.25) is 0 Å². The lowest BCUT2D eigenvalue weighted by Crippen LogP contribution is -2.28. The number of amides is 1. The van der Waals surface area contributed by atoms with Crippen LogP contribution in [0.1, 0.15) is 18.5 Å². The first-order chi connectivity index (χ1) is 14.2. The molecule has 1 amide bonds. The molecule has 1 unspecified atom stereocenters. The van der Waals surface area contributed by atoms with Gasteiger partial charge in [-0.15, -0.1) is 0 Å². The fourth-order valence-corrected chi connectivity index (χ4v) is 3.62. The van der Waals surface area contributed by atoms with E-state index in [1.165, 1.54) is 6.20 Å². The number of hydrogen-bond donors (Lipinski definition) is 2. The van der Waals surface area contributed by atoms with Gasteiger partial charge in [-0.2, -0.15) is 5.26 Å². The van der Waals surface area contributed by atoms with Gasteiger partial charge in [-0.1, -0.05) is 72.4 Å². The Morgan fingerprint density at radius 1 is 0.966 bits per heavy atom. The predicted molar refractivity (Wildman–Crippen MR) is 117 cm³/mol. The zero-order valence-corrected chi connectivity index (χ0v) is 16.8. The number of rotatable bonds is 7. The average Bonchev–Trinajstić information content (AvgIpc) is 2.76. The first kappa shape index (κ1) is 20.2. The van der Waals surface area contributed by atoms with Gasteiger partial charge in [0.25, 0.3) is 5.91 Å². The number of para-hydroxylation sites is 1. The summed E-state index contributed by atoms with van der Waals surface area (Å²) >= 11 is 1.61. The highest BCUT2D eigenvalue weighted by molar-refractivity contribution is 7.99. The van der Waals surface area contributed by atoms with Crippen molar-refractivity contribution in [2.24, 2.45) is 0 Å². The molecule has 0 heterocycles. The summed E-state index contributed by atoms with van der Waals surface area (Å²) in [6.45, 7) is 1.89. The van der Waals surface area contributed by atoms with Crippen molar-refractivity contribution in [2.45, 2.75) is 22.8 Å².